The number of nitrogens with two attached hydrogens (primary N) is 1. The van der Waals surface area contributed by atoms with Crippen LogP contribution in [0.25, 0.3) is 11.0 Å². The number of hydrogen-bond donors (Lipinski definition) is 1. The molecular weight excluding hydrogens is 530 g/mol. The standard InChI is InChI=1S/C24H34BrN5O4Si/c1-6-7-10-34-24-28-19-17(13-16-8-9-18(27-14-16)23(31)32-2)21(25)30(20(19)22(26)29-24)15-33-11-12-35(3,4)5/h8-9,14H,6-7,10-13,15H2,1-5H3,(H2,26,28,29). The molecule has 0 amide bonds. The number of pyridine rings is 1. The second kappa shape index (κ2) is 12.0. The number of unbranched alkanes of at least 4 members (excludes halogenated alkanes) is 1. The number of rotatable bonds is 12. The molecule has 9 nitrogen and oxygen atoms in total. The highest BCUT2D eigenvalue weighted by atomic mass is 79.9. The van der Waals surface area contributed by atoms with E-state index in [9.17, 15) is 4.79 Å². The van der Waals surface area contributed by atoms with Crippen molar-refractivity contribution in [3.63, 3.8) is 0 Å². The number of nitrogens with zero attached hydrogens (tertiary/aromatic N) is 4. The molecule has 3 aromatic rings. The summed E-state index contributed by atoms with van der Waals surface area (Å²) in [4.78, 5) is 25.1. The number of aromatic nitrogens is 4. The SMILES string of the molecule is CCCCOc1nc(N)c2c(n1)c(Cc1ccc(C(=O)OC)nc1)c(Br)n2COCC[Si](C)(C)C. The number of halogens is 1. The number of anilines is 1. The second-order valence-electron chi connectivity index (χ2n) is 9.56. The molecule has 0 atom stereocenters. The van der Waals surface area contributed by atoms with Gasteiger partial charge in [0.05, 0.1) is 18.3 Å². The van der Waals surface area contributed by atoms with Crippen molar-refractivity contribution in [3.8, 4) is 6.01 Å². The lowest BCUT2D eigenvalue weighted by Crippen LogP contribution is -2.22. The van der Waals surface area contributed by atoms with Gasteiger partial charge in [0.25, 0.3) is 0 Å². The zero-order valence-electron chi connectivity index (χ0n) is 21.1. The van der Waals surface area contributed by atoms with E-state index in [1.807, 2.05) is 10.6 Å². The van der Waals surface area contributed by atoms with E-state index in [4.69, 9.17) is 24.9 Å². The Morgan fingerprint density at radius 3 is 2.60 bits per heavy atom. The van der Waals surface area contributed by atoms with Gasteiger partial charge in [-0.3, -0.25) is 0 Å². The van der Waals surface area contributed by atoms with Crippen LogP contribution in [-0.2, 0) is 22.6 Å². The third kappa shape index (κ3) is 7.02. The van der Waals surface area contributed by atoms with E-state index in [0.29, 0.717) is 43.2 Å². The summed E-state index contributed by atoms with van der Waals surface area (Å²) in [5.41, 5.74) is 9.86. The number of fused-ring (bicyclic) bond motifs is 1. The number of ether oxygens (including phenoxy) is 3. The predicted molar refractivity (Wildman–Crippen MR) is 143 cm³/mol. The van der Waals surface area contributed by atoms with E-state index in [1.165, 1.54) is 7.11 Å². The molecule has 0 bridgehead atoms. The Kier molecular flexibility index (Phi) is 9.25. The van der Waals surface area contributed by atoms with Crippen LogP contribution in [0.15, 0.2) is 22.9 Å². The quantitative estimate of drug-likeness (QED) is 0.185. The maximum Gasteiger partial charge on any atom is 0.356 e. The highest BCUT2D eigenvalue weighted by Gasteiger charge is 2.22. The Morgan fingerprint density at radius 2 is 1.97 bits per heavy atom. The first-order valence-corrected chi connectivity index (χ1v) is 16.2. The highest BCUT2D eigenvalue weighted by Crippen LogP contribution is 2.34. The van der Waals surface area contributed by atoms with E-state index in [-0.39, 0.29) is 11.7 Å². The first-order valence-electron chi connectivity index (χ1n) is 11.7. The van der Waals surface area contributed by atoms with Gasteiger partial charge in [0.1, 0.15) is 23.5 Å². The van der Waals surface area contributed by atoms with Crippen LogP contribution in [0.2, 0.25) is 25.7 Å². The molecule has 2 N–H and O–H groups in total. The predicted octanol–water partition coefficient (Wildman–Crippen LogP) is 5.04. The molecule has 0 aromatic carbocycles. The average Bonchev–Trinajstić information content (AvgIpc) is 3.07. The molecule has 0 saturated carbocycles. The van der Waals surface area contributed by atoms with Gasteiger partial charge in [-0.25, -0.2) is 9.78 Å². The Hall–Kier alpha value is -2.50. The molecule has 0 unspecified atom stereocenters. The van der Waals surface area contributed by atoms with E-state index in [2.05, 4.69) is 52.5 Å². The Labute approximate surface area is 215 Å². The molecular formula is C24H34BrN5O4Si. The maximum absolute atomic E-state index is 11.7. The van der Waals surface area contributed by atoms with Gasteiger partial charge in [0.15, 0.2) is 5.82 Å². The average molecular weight is 565 g/mol. The number of nitrogen functional groups attached to an aromatic ring is 1. The van der Waals surface area contributed by atoms with Crippen molar-refractivity contribution < 1.29 is 19.0 Å². The summed E-state index contributed by atoms with van der Waals surface area (Å²) in [6.07, 6.45) is 4.09. The van der Waals surface area contributed by atoms with Crippen molar-refractivity contribution in [1.29, 1.82) is 0 Å². The fraction of sp³-hybridized carbons (Fsp3) is 0.500. The third-order valence-electron chi connectivity index (χ3n) is 5.48. The molecule has 0 spiro atoms. The van der Waals surface area contributed by atoms with Gasteiger partial charge in [0.2, 0.25) is 0 Å². The third-order valence-corrected chi connectivity index (χ3v) is 8.09. The van der Waals surface area contributed by atoms with E-state index in [1.54, 1.807) is 12.3 Å². The van der Waals surface area contributed by atoms with Gasteiger partial charge in [-0.15, -0.1) is 0 Å². The van der Waals surface area contributed by atoms with Crippen LogP contribution in [0.4, 0.5) is 5.82 Å². The van der Waals surface area contributed by atoms with Gasteiger partial charge in [0, 0.05) is 32.9 Å². The monoisotopic (exact) mass is 563 g/mol. The van der Waals surface area contributed by atoms with E-state index < -0.39 is 14.0 Å². The van der Waals surface area contributed by atoms with Crippen molar-refractivity contribution in [3.05, 3.63) is 39.8 Å². The fourth-order valence-corrected chi connectivity index (χ4v) is 4.79. The van der Waals surface area contributed by atoms with Gasteiger partial charge in [-0.05, 0) is 40.0 Å². The highest BCUT2D eigenvalue weighted by molar-refractivity contribution is 9.10. The molecule has 0 aliphatic heterocycles. The minimum absolute atomic E-state index is 0.256. The van der Waals surface area contributed by atoms with E-state index in [0.717, 1.165) is 34.6 Å². The zero-order chi connectivity index (χ0) is 25.6. The van der Waals surface area contributed by atoms with Crippen LogP contribution < -0.4 is 10.5 Å². The summed E-state index contributed by atoms with van der Waals surface area (Å²) in [6.45, 7) is 10.6. The van der Waals surface area contributed by atoms with Crippen molar-refractivity contribution in [2.45, 2.75) is 58.6 Å². The van der Waals surface area contributed by atoms with Crippen molar-refractivity contribution >= 4 is 46.8 Å². The van der Waals surface area contributed by atoms with Crippen molar-refractivity contribution in [2.24, 2.45) is 0 Å². The normalized spacial score (nSPS) is 11.7. The smallest absolute Gasteiger partial charge is 0.356 e. The molecule has 3 heterocycles. The largest absolute Gasteiger partial charge is 0.464 e. The van der Waals surface area contributed by atoms with Crippen LogP contribution in [0.5, 0.6) is 6.01 Å². The molecule has 35 heavy (non-hydrogen) atoms. The summed E-state index contributed by atoms with van der Waals surface area (Å²) in [6, 6.07) is 4.82. The Balaban J connectivity index is 1.97. The lowest BCUT2D eigenvalue weighted by molar-refractivity contribution is 0.0594. The summed E-state index contributed by atoms with van der Waals surface area (Å²) < 4.78 is 19.3. The summed E-state index contributed by atoms with van der Waals surface area (Å²) in [7, 11) is 0.123. The lowest BCUT2D eigenvalue weighted by atomic mass is 10.1. The molecule has 0 saturated heterocycles. The summed E-state index contributed by atoms with van der Waals surface area (Å²) >= 11 is 3.75. The zero-order valence-corrected chi connectivity index (χ0v) is 23.6. The van der Waals surface area contributed by atoms with Crippen molar-refractivity contribution in [2.75, 3.05) is 26.1 Å². The first kappa shape index (κ1) is 27.1. The lowest BCUT2D eigenvalue weighted by Gasteiger charge is -2.16. The number of methoxy groups -OCH3 is 1. The van der Waals surface area contributed by atoms with E-state index >= 15 is 0 Å². The van der Waals surface area contributed by atoms with Crippen LogP contribution in [-0.4, -0.2) is 53.9 Å². The molecule has 11 heteroatoms. The molecule has 0 aliphatic carbocycles. The molecule has 190 valence electrons. The summed E-state index contributed by atoms with van der Waals surface area (Å²) in [5, 5.41) is 0. The Morgan fingerprint density at radius 1 is 1.20 bits per heavy atom. The van der Waals surface area contributed by atoms with Crippen LogP contribution >= 0.6 is 15.9 Å². The van der Waals surface area contributed by atoms with Crippen molar-refractivity contribution in [1.82, 2.24) is 19.5 Å². The first-order chi connectivity index (χ1) is 16.6. The minimum atomic E-state index is -1.21. The van der Waals surface area contributed by atoms with Crippen LogP contribution in [0.3, 0.4) is 0 Å². The molecule has 3 aromatic heterocycles. The van der Waals surface area contributed by atoms with Gasteiger partial charge in [-0.2, -0.15) is 9.97 Å². The maximum atomic E-state index is 11.7. The number of esters is 1. The number of carbonyl (C=O) groups excluding carboxylic acids is 1. The minimum Gasteiger partial charge on any atom is -0.464 e. The molecule has 0 fully saturated rings. The topological polar surface area (TPSA) is 114 Å². The van der Waals surface area contributed by atoms with Gasteiger partial charge >= 0.3 is 12.0 Å². The Bertz CT molecular complexity index is 1160. The van der Waals surface area contributed by atoms with Gasteiger partial charge < -0.3 is 24.5 Å². The van der Waals surface area contributed by atoms with Crippen LogP contribution in [0.1, 0.15) is 41.4 Å². The van der Waals surface area contributed by atoms with Crippen LogP contribution in [0, 0.1) is 0 Å². The molecule has 0 aliphatic rings. The fourth-order valence-electron chi connectivity index (χ4n) is 3.43. The number of carbonyl (C=O) groups is 1. The second-order valence-corrected chi connectivity index (χ2v) is 15.9. The number of hydrogen-bond acceptors (Lipinski definition) is 8. The van der Waals surface area contributed by atoms with Gasteiger partial charge in [-0.1, -0.05) is 39.1 Å². The summed E-state index contributed by atoms with van der Waals surface area (Å²) in [5.74, 6) is -0.138. The molecule has 3 rings (SSSR count). The molecule has 0 radical (unpaired) electrons.